The Labute approximate surface area is 51.6 Å². The number of carbonyl (C=O) groups excluding carboxylic acids is 1. The zero-order valence-corrected chi connectivity index (χ0v) is 4.77. The maximum absolute atomic E-state index is 10.2. The minimum Gasteiger partial charge on any atom is -0.732 e. The van der Waals surface area contributed by atoms with Crippen molar-refractivity contribution in [2.24, 2.45) is 0 Å². The van der Waals surface area contributed by atoms with E-state index in [1.165, 1.54) is 7.05 Å². The van der Waals surface area contributed by atoms with E-state index in [1.807, 2.05) is 0 Å². The predicted molar refractivity (Wildman–Crippen MR) is 28.2 cm³/mol. The molecule has 1 rings (SSSR count). The third-order valence-electron chi connectivity index (χ3n) is 0.925. The number of hydrogen-bond acceptors (Lipinski definition) is 5. The van der Waals surface area contributed by atoms with Crippen LogP contribution in [0, 0.1) is 5.21 Å². The van der Waals surface area contributed by atoms with Crippen molar-refractivity contribution in [3.05, 3.63) is 17.1 Å². The summed E-state index contributed by atoms with van der Waals surface area (Å²) < 4.78 is 0. The van der Waals surface area contributed by atoms with E-state index < -0.39 is 0 Å². The second kappa shape index (κ2) is 2.04. The fraction of sp³-hybridized carbons (Fsp3) is 0.250. The van der Waals surface area contributed by atoms with E-state index in [0.717, 1.165) is 11.3 Å². The Morgan fingerprint density at radius 2 is 2.56 bits per heavy atom. The lowest BCUT2D eigenvalue weighted by molar-refractivity contribution is -0.226. The quantitative estimate of drug-likeness (QED) is 0.451. The summed E-state index contributed by atoms with van der Waals surface area (Å²) in [6.45, 7) is 0. The first-order valence-corrected chi connectivity index (χ1v) is 2.29. The van der Waals surface area contributed by atoms with Crippen LogP contribution >= 0.6 is 0 Å². The molecule has 9 heavy (non-hydrogen) atoms. The maximum Gasteiger partial charge on any atom is 0.170 e. The molecular weight excluding hydrogens is 124 g/mol. The maximum atomic E-state index is 10.2. The van der Waals surface area contributed by atoms with Crippen LogP contribution in [0.1, 0.15) is 0 Å². The van der Waals surface area contributed by atoms with Gasteiger partial charge in [0, 0.05) is 13.2 Å². The van der Waals surface area contributed by atoms with Gasteiger partial charge in [-0.1, -0.05) is 0 Å². The van der Waals surface area contributed by atoms with E-state index in [2.05, 4.69) is 4.94 Å². The number of nitrogens with zero attached hydrogens (tertiary/aromatic N) is 2. The monoisotopic (exact) mass is 129 g/mol. The van der Waals surface area contributed by atoms with Gasteiger partial charge < -0.3 is 5.21 Å². The highest BCUT2D eigenvalue weighted by atomic mass is 17.0. The van der Waals surface area contributed by atoms with Crippen molar-refractivity contribution in [2.45, 2.75) is 0 Å². The van der Waals surface area contributed by atoms with Gasteiger partial charge in [0.15, 0.2) is 6.29 Å². The van der Waals surface area contributed by atoms with Crippen LogP contribution in [0.15, 0.2) is 11.9 Å². The molecule has 1 heterocycles. The smallest absolute Gasteiger partial charge is 0.170 e. The van der Waals surface area contributed by atoms with Gasteiger partial charge in [0.05, 0.1) is 0 Å². The minimum absolute atomic E-state index is 0.212. The van der Waals surface area contributed by atoms with Crippen LogP contribution in [-0.2, 0) is 9.73 Å². The molecule has 0 radical (unpaired) electrons. The van der Waals surface area contributed by atoms with Crippen LogP contribution in [-0.4, -0.2) is 23.6 Å². The SMILES string of the molecule is CN1ON([O-])C=C1C=O. The van der Waals surface area contributed by atoms with Crippen LogP contribution in [0.4, 0.5) is 0 Å². The molecule has 1 aliphatic heterocycles. The van der Waals surface area contributed by atoms with Crippen molar-refractivity contribution in [3.63, 3.8) is 0 Å². The first-order chi connectivity index (χ1) is 4.24. The van der Waals surface area contributed by atoms with Gasteiger partial charge in [-0.05, 0) is 0 Å². The minimum atomic E-state index is 0.212. The van der Waals surface area contributed by atoms with Crippen LogP contribution in [0.3, 0.4) is 0 Å². The van der Waals surface area contributed by atoms with E-state index >= 15 is 0 Å². The second-order valence-corrected chi connectivity index (χ2v) is 1.54. The highest BCUT2D eigenvalue weighted by molar-refractivity contribution is 5.71. The first kappa shape index (κ1) is 6.06. The lowest BCUT2D eigenvalue weighted by atomic mass is 10.5. The van der Waals surface area contributed by atoms with E-state index in [0.29, 0.717) is 6.29 Å². The van der Waals surface area contributed by atoms with E-state index in [1.54, 1.807) is 0 Å². The summed E-state index contributed by atoms with van der Waals surface area (Å²) in [5.41, 5.74) is 0.213. The van der Waals surface area contributed by atoms with Gasteiger partial charge in [0.2, 0.25) is 0 Å². The molecule has 5 heteroatoms. The third-order valence-corrected chi connectivity index (χ3v) is 0.925. The number of hydrogen-bond donors (Lipinski definition) is 0. The summed E-state index contributed by atoms with van der Waals surface area (Å²) in [4.78, 5) is 14.4. The number of hydroxylamine groups is 4. The lowest BCUT2D eigenvalue weighted by Crippen LogP contribution is -2.16. The van der Waals surface area contributed by atoms with Crippen molar-refractivity contribution < 1.29 is 9.73 Å². The van der Waals surface area contributed by atoms with Crippen LogP contribution in [0.25, 0.3) is 0 Å². The summed E-state index contributed by atoms with van der Waals surface area (Å²) in [5.74, 6) is 0. The molecular formula is C4H5N2O3-. The lowest BCUT2D eigenvalue weighted by Gasteiger charge is -2.20. The van der Waals surface area contributed by atoms with Crippen molar-refractivity contribution in [2.75, 3.05) is 7.05 Å². The molecule has 0 spiro atoms. The molecule has 1 aliphatic rings. The molecule has 0 unspecified atom stereocenters. The number of rotatable bonds is 1. The van der Waals surface area contributed by atoms with E-state index in [9.17, 15) is 10.0 Å². The fourth-order valence-electron chi connectivity index (χ4n) is 0.485. The number of likely N-dealkylation sites (N-methyl/N-ethyl adjacent to an activating group) is 1. The molecule has 0 aromatic rings. The first-order valence-electron chi connectivity index (χ1n) is 2.29. The molecule has 0 aromatic heterocycles. The van der Waals surface area contributed by atoms with Gasteiger partial charge in [0.1, 0.15) is 5.70 Å². The predicted octanol–water partition coefficient (Wildman–Crippen LogP) is -0.381. The molecule has 0 saturated heterocycles. The molecule has 0 fully saturated rings. The zero-order valence-electron chi connectivity index (χ0n) is 4.77. The third kappa shape index (κ3) is 1.01. The summed E-state index contributed by atoms with van der Waals surface area (Å²) in [6.07, 6.45) is 1.59. The van der Waals surface area contributed by atoms with Gasteiger partial charge in [-0.2, -0.15) is 4.94 Å². The molecule has 0 aromatic carbocycles. The zero-order chi connectivity index (χ0) is 6.85. The van der Waals surface area contributed by atoms with Crippen LogP contribution in [0.2, 0.25) is 0 Å². The average molecular weight is 129 g/mol. The van der Waals surface area contributed by atoms with Crippen molar-refractivity contribution >= 4 is 6.29 Å². The number of carbonyl (C=O) groups is 1. The summed E-state index contributed by atoms with van der Waals surface area (Å²) in [6, 6.07) is 0. The number of aldehydes is 1. The molecule has 0 aliphatic carbocycles. The molecule has 0 amide bonds. The second-order valence-electron chi connectivity index (χ2n) is 1.54. The van der Waals surface area contributed by atoms with E-state index in [4.69, 9.17) is 0 Å². The molecule has 50 valence electrons. The van der Waals surface area contributed by atoms with Crippen molar-refractivity contribution in [3.8, 4) is 0 Å². The Morgan fingerprint density at radius 3 is 2.78 bits per heavy atom. The van der Waals surface area contributed by atoms with Crippen molar-refractivity contribution in [1.29, 1.82) is 0 Å². The standard InChI is InChI=1S/C4H5N2O3/c1-5-4(3-7)2-6(8)9-5/h2-3H,1H3/q-1. The Hall–Kier alpha value is -1.07. The summed E-state index contributed by atoms with van der Waals surface area (Å²) >= 11 is 0. The highest BCUT2D eigenvalue weighted by Crippen LogP contribution is 2.10. The molecule has 0 bridgehead atoms. The highest BCUT2D eigenvalue weighted by Gasteiger charge is 2.11. The van der Waals surface area contributed by atoms with Gasteiger partial charge in [-0.3, -0.25) is 10.0 Å². The normalized spacial score (nSPS) is 18.2. The molecule has 5 nitrogen and oxygen atoms in total. The Morgan fingerprint density at radius 1 is 1.89 bits per heavy atom. The van der Waals surface area contributed by atoms with Crippen LogP contribution in [0.5, 0.6) is 0 Å². The number of allylic oxidation sites excluding steroid dienone is 1. The van der Waals surface area contributed by atoms with Crippen molar-refractivity contribution in [1.82, 2.24) is 10.3 Å². The largest absolute Gasteiger partial charge is 0.732 e. The molecule has 0 saturated carbocycles. The Bertz CT molecular complexity index is 156. The topological polar surface area (TPSA) is 55.8 Å². The Kier molecular flexibility index (Phi) is 1.37. The van der Waals surface area contributed by atoms with E-state index in [-0.39, 0.29) is 10.9 Å². The molecule has 0 N–H and O–H groups in total. The van der Waals surface area contributed by atoms with Gasteiger partial charge >= 0.3 is 0 Å². The van der Waals surface area contributed by atoms with Gasteiger partial charge in [-0.15, -0.1) is 0 Å². The van der Waals surface area contributed by atoms with Gasteiger partial charge in [-0.25, -0.2) is 5.06 Å². The summed E-state index contributed by atoms with van der Waals surface area (Å²) in [5, 5.41) is 11.5. The summed E-state index contributed by atoms with van der Waals surface area (Å²) in [7, 11) is 1.47. The Balaban J connectivity index is 2.68. The van der Waals surface area contributed by atoms with Crippen LogP contribution < -0.4 is 0 Å². The fourth-order valence-corrected chi connectivity index (χ4v) is 0.485. The van der Waals surface area contributed by atoms with Gasteiger partial charge in [0.25, 0.3) is 0 Å². The average Bonchev–Trinajstić information content (AvgIpc) is 2.10. The molecule has 0 atom stereocenters.